The maximum absolute atomic E-state index is 11.9. The summed E-state index contributed by atoms with van der Waals surface area (Å²) in [4.78, 5) is 11.9. The fourth-order valence-corrected chi connectivity index (χ4v) is 3.05. The molecule has 1 aliphatic rings. The first-order chi connectivity index (χ1) is 9.15. The van der Waals surface area contributed by atoms with Crippen molar-refractivity contribution in [2.24, 2.45) is 5.92 Å². The molecule has 0 bridgehead atoms. The van der Waals surface area contributed by atoms with Gasteiger partial charge in [0, 0.05) is 10.9 Å². The van der Waals surface area contributed by atoms with Crippen molar-refractivity contribution in [2.45, 2.75) is 51.5 Å². The zero-order chi connectivity index (χ0) is 13.7. The third-order valence-electron chi connectivity index (χ3n) is 4.00. The van der Waals surface area contributed by atoms with Crippen LogP contribution < -0.4 is 5.32 Å². The number of carbonyl (C=O) groups excluding carboxylic acids is 1. The molecule has 1 aromatic rings. The Labute approximate surface area is 124 Å². The van der Waals surface area contributed by atoms with Crippen molar-refractivity contribution in [2.75, 3.05) is 0 Å². The van der Waals surface area contributed by atoms with E-state index in [4.69, 9.17) is 0 Å². The van der Waals surface area contributed by atoms with Crippen LogP contribution in [-0.4, -0.2) is 5.91 Å². The van der Waals surface area contributed by atoms with Crippen LogP contribution >= 0.6 is 15.9 Å². The van der Waals surface area contributed by atoms with E-state index in [2.05, 4.69) is 21.2 Å². The monoisotopic (exact) mass is 323 g/mol. The van der Waals surface area contributed by atoms with Gasteiger partial charge in [-0.05, 0) is 37.0 Å². The molecule has 0 aliphatic heterocycles. The summed E-state index contributed by atoms with van der Waals surface area (Å²) in [6.45, 7) is 2.04. The Morgan fingerprint density at radius 3 is 2.58 bits per heavy atom. The molecule has 1 fully saturated rings. The number of carbonyl (C=O) groups is 1. The minimum Gasteiger partial charge on any atom is -0.350 e. The second-order valence-corrected chi connectivity index (χ2v) is 6.45. The molecule has 1 saturated carbocycles. The number of amides is 1. The molecule has 19 heavy (non-hydrogen) atoms. The average molecular weight is 324 g/mol. The second kappa shape index (κ2) is 7.09. The number of nitrogens with one attached hydrogen (secondary N) is 1. The molecular formula is C16H22BrNO. The molecule has 0 aromatic heterocycles. The standard InChI is InChI=1S/C16H22BrNO/c1-12(14-7-9-15(17)10-8-14)18-16(19)11-6-13-4-2-3-5-13/h7-10,12-13H,2-6,11H2,1H3,(H,18,19). The maximum atomic E-state index is 11.9. The number of halogens is 1. The van der Waals surface area contributed by atoms with Crippen molar-refractivity contribution in [3.05, 3.63) is 34.3 Å². The molecule has 2 nitrogen and oxygen atoms in total. The molecule has 104 valence electrons. The molecule has 1 aliphatic carbocycles. The van der Waals surface area contributed by atoms with E-state index >= 15 is 0 Å². The molecular weight excluding hydrogens is 302 g/mol. The Kier molecular flexibility index (Phi) is 5.44. The predicted octanol–water partition coefficient (Wildman–Crippen LogP) is 4.60. The van der Waals surface area contributed by atoms with Crippen molar-refractivity contribution < 1.29 is 4.79 Å². The first kappa shape index (κ1) is 14.6. The molecule has 2 rings (SSSR count). The predicted molar refractivity (Wildman–Crippen MR) is 81.9 cm³/mol. The van der Waals surface area contributed by atoms with E-state index in [0.717, 1.165) is 22.4 Å². The van der Waals surface area contributed by atoms with Crippen molar-refractivity contribution in [3.8, 4) is 0 Å². The van der Waals surface area contributed by atoms with Gasteiger partial charge in [0.1, 0.15) is 0 Å². The first-order valence-corrected chi connectivity index (χ1v) is 7.99. The van der Waals surface area contributed by atoms with Crippen LogP contribution in [0.2, 0.25) is 0 Å². The molecule has 1 unspecified atom stereocenters. The molecule has 0 radical (unpaired) electrons. The van der Waals surface area contributed by atoms with Crippen LogP contribution in [0.3, 0.4) is 0 Å². The summed E-state index contributed by atoms with van der Waals surface area (Å²) >= 11 is 3.42. The van der Waals surface area contributed by atoms with Gasteiger partial charge in [-0.2, -0.15) is 0 Å². The summed E-state index contributed by atoms with van der Waals surface area (Å²) in [5.41, 5.74) is 1.15. The average Bonchev–Trinajstić information content (AvgIpc) is 2.90. The van der Waals surface area contributed by atoms with Crippen LogP contribution in [0.4, 0.5) is 0 Å². The van der Waals surface area contributed by atoms with Gasteiger partial charge in [-0.3, -0.25) is 4.79 Å². The summed E-state index contributed by atoms with van der Waals surface area (Å²) in [6.07, 6.45) is 7.05. The van der Waals surface area contributed by atoms with Gasteiger partial charge in [-0.25, -0.2) is 0 Å². The van der Waals surface area contributed by atoms with E-state index in [1.54, 1.807) is 0 Å². The number of hydrogen-bond donors (Lipinski definition) is 1. The van der Waals surface area contributed by atoms with Gasteiger partial charge in [0.05, 0.1) is 6.04 Å². The Morgan fingerprint density at radius 2 is 1.95 bits per heavy atom. The second-order valence-electron chi connectivity index (χ2n) is 5.53. The molecule has 0 heterocycles. The zero-order valence-electron chi connectivity index (χ0n) is 11.5. The molecule has 3 heteroatoms. The van der Waals surface area contributed by atoms with E-state index in [0.29, 0.717) is 6.42 Å². The third-order valence-corrected chi connectivity index (χ3v) is 4.53. The molecule has 0 spiro atoms. The lowest BCUT2D eigenvalue weighted by Crippen LogP contribution is -2.26. The number of rotatable bonds is 5. The van der Waals surface area contributed by atoms with Gasteiger partial charge in [0.2, 0.25) is 5.91 Å². The highest BCUT2D eigenvalue weighted by Gasteiger charge is 2.17. The topological polar surface area (TPSA) is 29.1 Å². The van der Waals surface area contributed by atoms with Gasteiger partial charge in [0.25, 0.3) is 0 Å². The summed E-state index contributed by atoms with van der Waals surface area (Å²) in [5.74, 6) is 0.969. The summed E-state index contributed by atoms with van der Waals surface area (Å²) in [7, 11) is 0. The minimum atomic E-state index is 0.0872. The van der Waals surface area contributed by atoms with Crippen LogP contribution in [0.1, 0.15) is 57.1 Å². The van der Waals surface area contributed by atoms with Crippen LogP contribution in [0.25, 0.3) is 0 Å². The summed E-state index contributed by atoms with van der Waals surface area (Å²) in [5, 5.41) is 3.09. The van der Waals surface area contributed by atoms with E-state index in [1.807, 2.05) is 31.2 Å². The largest absolute Gasteiger partial charge is 0.350 e. The Balaban J connectivity index is 1.76. The number of benzene rings is 1. The Hall–Kier alpha value is -0.830. The lowest BCUT2D eigenvalue weighted by Gasteiger charge is -2.15. The zero-order valence-corrected chi connectivity index (χ0v) is 13.1. The molecule has 1 N–H and O–H groups in total. The van der Waals surface area contributed by atoms with Gasteiger partial charge < -0.3 is 5.32 Å². The smallest absolute Gasteiger partial charge is 0.220 e. The highest BCUT2D eigenvalue weighted by molar-refractivity contribution is 9.10. The number of hydrogen-bond acceptors (Lipinski definition) is 1. The molecule has 1 amide bonds. The highest BCUT2D eigenvalue weighted by Crippen LogP contribution is 2.28. The van der Waals surface area contributed by atoms with E-state index in [9.17, 15) is 4.79 Å². The summed E-state index contributed by atoms with van der Waals surface area (Å²) < 4.78 is 1.07. The Morgan fingerprint density at radius 1 is 1.32 bits per heavy atom. The fourth-order valence-electron chi connectivity index (χ4n) is 2.78. The Bertz CT molecular complexity index is 409. The van der Waals surface area contributed by atoms with Gasteiger partial charge in [-0.15, -0.1) is 0 Å². The third kappa shape index (κ3) is 4.64. The fraction of sp³-hybridized carbons (Fsp3) is 0.562. The van der Waals surface area contributed by atoms with Crippen molar-refractivity contribution in [1.82, 2.24) is 5.32 Å². The maximum Gasteiger partial charge on any atom is 0.220 e. The van der Waals surface area contributed by atoms with Gasteiger partial charge in [-0.1, -0.05) is 53.7 Å². The van der Waals surface area contributed by atoms with Crippen LogP contribution in [0.5, 0.6) is 0 Å². The summed E-state index contributed by atoms with van der Waals surface area (Å²) in [6, 6.07) is 8.20. The molecule has 0 saturated heterocycles. The van der Waals surface area contributed by atoms with Crippen molar-refractivity contribution in [1.29, 1.82) is 0 Å². The van der Waals surface area contributed by atoms with Gasteiger partial charge in [0.15, 0.2) is 0 Å². The lowest BCUT2D eigenvalue weighted by molar-refractivity contribution is -0.122. The van der Waals surface area contributed by atoms with Crippen LogP contribution in [0, 0.1) is 5.92 Å². The SMILES string of the molecule is CC(NC(=O)CCC1CCCC1)c1ccc(Br)cc1. The first-order valence-electron chi connectivity index (χ1n) is 7.20. The van der Waals surface area contributed by atoms with Crippen LogP contribution in [0.15, 0.2) is 28.7 Å². The minimum absolute atomic E-state index is 0.0872. The highest BCUT2D eigenvalue weighted by atomic mass is 79.9. The van der Waals surface area contributed by atoms with E-state index in [-0.39, 0.29) is 11.9 Å². The van der Waals surface area contributed by atoms with Gasteiger partial charge >= 0.3 is 0 Å². The van der Waals surface area contributed by atoms with E-state index < -0.39 is 0 Å². The quantitative estimate of drug-likeness (QED) is 0.843. The van der Waals surface area contributed by atoms with Crippen molar-refractivity contribution in [3.63, 3.8) is 0 Å². The normalized spacial score (nSPS) is 17.4. The van der Waals surface area contributed by atoms with Crippen LogP contribution in [-0.2, 0) is 4.79 Å². The molecule has 1 atom stereocenters. The van der Waals surface area contributed by atoms with E-state index in [1.165, 1.54) is 25.7 Å². The lowest BCUT2D eigenvalue weighted by atomic mass is 10.0. The molecule has 1 aromatic carbocycles. The van der Waals surface area contributed by atoms with Crippen molar-refractivity contribution >= 4 is 21.8 Å².